The van der Waals surface area contributed by atoms with Crippen LogP contribution in [0.15, 0.2) is 81.1 Å². The first-order valence-corrected chi connectivity index (χ1v) is 11.6. The maximum absolute atomic E-state index is 10.7. The van der Waals surface area contributed by atoms with Crippen LogP contribution in [-0.4, -0.2) is 40.5 Å². The first-order chi connectivity index (χ1) is 19.8. The van der Waals surface area contributed by atoms with Crippen molar-refractivity contribution in [2.75, 3.05) is 0 Å². The second-order valence-electron chi connectivity index (χ2n) is 8.52. The van der Waals surface area contributed by atoms with E-state index < -0.39 is 9.85 Å². The third-order valence-corrected chi connectivity index (χ3v) is 5.39. The van der Waals surface area contributed by atoms with Gasteiger partial charge in [-0.25, -0.2) is 0 Å². The van der Waals surface area contributed by atoms with Crippen molar-refractivity contribution in [2.45, 2.75) is 13.8 Å². The summed E-state index contributed by atoms with van der Waals surface area (Å²) in [6.45, 7) is 3.20. The molecule has 44 heavy (non-hydrogen) atoms. The number of aryl methyl sites for hydroxylation is 2. The number of hydrogen-bond acceptors (Lipinski definition) is 14. The van der Waals surface area contributed by atoms with E-state index in [-0.39, 0.29) is 115 Å². The Morgan fingerprint density at radius 1 is 0.545 bits per heavy atom. The van der Waals surface area contributed by atoms with Crippen molar-refractivity contribution in [3.8, 4) is 34.5 Å². The number of hydrogen-bond donors (Lipinski definition) is 6. The molecule has 0 spiro atoms. The topological polar surface area (TPSA) is 257 Å². The smallest absolute Gasteiger partial charge is 0.508 e. The Morgan fingerprint density at radius 3 is 1.18 bits per heavy atom. The average molecular weight is 660 g/mol. The molecule has 0 saturated heterocycles. The minimum atomic E-state index is -0.623. The van der Waals surface area contributed by atoms with Crippen LogP contribution < -0.4 is 29.6 Å². The quantitative estimate of drug-likeness (QED) is 0.0753. The van der Waals surface area contributed by atoms with Crippen LogP contribution in [0.2, 0.25) is 0 Å². The van der Waals surface area contributed by atoms with Gasteiger partial charge in [0.15, 0.2) is 0 Å². The van der Waals surface area contributed by atoms with E-state index in [2.05, 4.69) is 20.5 Å². The second kappa shape index (κ2) is 16.1. The Balaban J connectivity index is 0.000000421. The van der Waals surface area contributed by atoms with Gasteiger partial charge >= 0.3 is 29.6 Å². The fourth-order valence-electron chi connectivity index (χ4n) is 3.36. The molecule has 4 aromatic carbocycles. The predicted octanol–water partition coefficient (Wildman–Crippen LogP) is 3.87. The Hall–Kier alpha value is -4.81. The van der Waals surface area contributed by atoms with Gasteiger partial charge in [-0.2, -0.15) is 0 Å². The number of phenols is 6. The van der Waals surface area contributed by atoms with Crippen LogP contribution in [0.4, 0.5) is 34.1 Å². The first kappa shape index (κ1) is 37.2. The molecule has 0 aliphatic rings. The zero-order valence-corrected chi connectivity index (χ0v) is 26.1. The minimum absolute atomic E-state index is 0. The van der Waals surface area contributed by atoms with Gasteiger partial charge in [-0.3, -0.25) is 20.2 Å². The Kier molecular flexibility index (Phi) is 13.7. The van der Waals surface area contributed by atoms with E-state index in [1.165, 1.54) is 12.1 Å². The third kappa shape index (κ3) is 9.61. The molecule has 0 saturated carbocycles. The number of phenolic OH excluding ortho intramolecular Hbond substituents is 6. The summed E-state index contributed by atoms with van der Waals surface area (Å²) in [5.74, 6) is -1.38. The van der Waals surface area contributed by atoms with Crippen molar-refractivity contribution in [2.24, 2.45) is 20.5 Å². The second-order valence-corrected chi connectivity index (χ2v) is 8.52. The fourth-order valence-corrected chi connectivity index (χ4v) is 3.36. The first-order valence-electron chi connectivity index (χ1n) is 11.6. The van der Waals surface area contributed by atoms with Crippen LogP contribution in [-0.2, 0) is 16.8 Å². The van der Waals surface area contributed by atoms with Gasteiger partial charge in [0, 0.05) is 53.2 Å². The summed E-state index contributed by atoms with van der Waals surface area (Å²) in [5, 5.41) is 93.4. The molecule has 0 atom stereocenters. The van der Waals surface area contributed by atoms with Gasteiger partial charge in [-0.15, -0.1) is 20.5 Å². The molecule has 0 unspecified atom stereocenters. The van der Waals surface area contributed by atoms with E-state index in [1.54, 1.807) is 13.8 Å². The largest absolute Gasteiger partial charge is 1.00 e. The normalized spacial score (nSPS) is 10.4. The molecule has 0 aliphatic carbocycles. The fraction of sp³-hybridized carbons (Fsp3) is 0.0769. The molecule has 0 heterocycles. The molecule has 4 rings (SSSR count). The summed E-state index contributed by atoms with van der Waals surface area (Å²) >= 11 is 0. The number of rotatable bonds is 6. The van der Waals surface area contributed by atoms with Crippen LogP contribution in [0.3, 0.4) is 0 Å². The number of non-ortho nitro benzene ring substituents is 2. The van der Waals surface area contributed by atoms with E-state index in [9.17, 15) is 50.9 Å². The molecule has 0 aliphatic heterocycles. The molecular weight excluding hydrogens is 638 g/mol. The molecule has 4 aromatic rings. The molecule has 0 fully saturated rings. The van der Waals surface area contributed by atoms with E-state index in [1.807, 2.05) is 0 Å². The molecule has 0 bridgehead atoms. The van der Waals surface area contributed by atoms with Crippen molar-refractivity contribution < 1.29 is 86.8 Å². The van der Waals surface area contributed by atoms with E-state index in [4.69, 9.17) is 0 Å². The third-order valence-electron chi connectivity index (χ3n) is 5.39. The van der Waals surface area contributed by atoms with Crippen molar-refractivity contribution in [1.29, 1.82) is 0 Å². The summed E-state index contributed by atoms with van der Waals surface area (Å²) in [6.07, 6.45) is 0. The predicted molar refractivity (Wildman–Crippen MR) is 147 cm³/mol. The molecule has 1 radical (unpaired) electrons. The molecule has 16 nitrogen and oxygen atoms in total. The van der Waals surface area contributed by atoms with Crippen molar-refractivity contribution >= 4 is 34.1 Å². The summed E-state index contributed by atoms with van der Waals surface area (Å²) < 4.78 is 0. The van der Waals surface area contributed by atoms with Gasteiger partial charge in [0.25, 0.3) is 11.4 Å². The van der Waals surface area contributed by atoms with Gasteiger partial charge in [0.05, 0.1) is 9.85 Å². The zero-order chi connectivity index (χ0) is 31.1. The molecule has 6 N–H and O–H groups in total. The van der Waals surface area contributed by atoms with E-state index >= 15 is 0 Å². The number of nitrogens with zero attached hydrogens (tertiary/aromatic N) is 6. The number of aromatic hydroxyl groups is 6. The molecule has 18 heteroatoms. The molecular formula is C26H22CoN6NaO10+. The number of nitro groups is 2. The Labute approximate surface area is 280 Å². The van der Waals surface area contributed by atoms with Gasteiger partial charge < -0.3 is 30.6 Å². The summed E-state index contributed by atoms with van der Waals surface area (Å²) in [5.41, 5.74) is 0.425. The molecule has 0 aromatic heterocycles. The van der Waals surface area contributed by atoms with Gasteiger partial charge in [-0.05, 0) is 49.2 Å². The molecule has 225 valence electrons. The van der Waals surface area contributed by atoms with E-state index in [0.29, 0.717) is 11.1 Å². The van der Waals surface area contributed by atoms with Gasteiger partial charge in [0.1, 0.15) is 57.2 Å². The van der Waals surface area contributed by atoms with Crippen LogP contribution in [0.1, 0.15) is 11.1 Å². The summed E-state index contributed by atoms with van der Waals surface area (Å²) in [7, 11) is 0. The Bertz CT molecular complexity index is 1580. The summed E-state index contributed by atoms with van der Waals surface area (Å²) in [4.78, 5) is 20.1. The van der Waals surface area contributed by atoms with Crippen molar-refractivity contribution in [3.63, 3.8) is 0 Å². The van der Waals surface area contributed by atoms with Crippen LogP contribution in [0, 0.1) is 34.1 Å². The Morgan fingerprint density at radius 2 is 0.886 bits per heavy atom. The van der Waals surface area contributed by atoms with Crippen LogP contribution in [0.5, 0.6) is 34.5 Å². The SMILES string of the molecule is Cc1cc(O)cc(O)c1N=Nc1cc([N+](=O)[O-])ccc1O.Cc1cc(O)cc(O)c1N=Nc1cc([N+](=O)[O-])ccc1O.[Co].[Na+]. The maximum atomic E-state index is 10.7. The minimum Gasteiger partial charge on any atom is -0.508 e. The van der Waals surface area contributed by atoms with E-state index in [0.717, 1.165) is 48.5 Å². The van der Waals surface area contributed by atoms with Crippen molar-refractivity contribution in [1.82, 2.24) is 0 Å². The standard InChI is InChI=1S/2C13H11N3O5.Co.Na/c2*1-7-4-9(17)6-12(19)13(7)15-14-10-5-8(16(20)21)2-3-11(10)18;;/h2*2-6,17-19H,1H3;;/q;;;+1. The number of azo groups is 2. The van der Waals surface area contributed by atoms with Crippen molar-refractivity contribution in [3.05, 3.63) is 92.0 Å². The zero-order valence-electron chi connectivity index (χ0n) is 23.1. The molecule has 0 amide bonds. The summed E-state index contributed by atoms with van der Waals surface area (Å²) in [6, 6.07) is 11.6. The number of nitro benzene ring substituents is 2. The number of benzene rings is 4. The monoisotopic (exact) mass is 660 g/mol. The van der Waals surface area contributed by atoms with Crippen LogP contribution >= 0.6 is 0 Å². The van der Waals surface area contributed by atoms with Gasteiger partial charge in [0.2, 0.25) is 0 Å². The van der Waals surface area contributed by atoms with Gasteiger partial charge in [-0.1, -0.05) is 0 Å². The maximum Gasteiger partial charge on any atom is 1.00 e. The van der Waals surface area contributed by atoms with Crippen LogP contribution in [0.25, 0.3) is 0 Å². The average Bonchev–Trinajstić information content (AvgIpc) is 2.89.